The van der Waals surface area contributed by atoms with Gasteiger partial charge in [0.05, 0.1) is 0 Å². The molecule has 0 spiro atoms. The maximum absolute atomic E-state index is 12.8. The van der Waals surface area contributed by atoms with Crippen LogP contribution in [0.5, 0.6) is 0 Å². The average molecular weight is 358 g/mol. The summed E-state index contributed by atoms with van der Waals surface area (Å²) in [6.45, 7) is 10.3. The molecular weight excluding hydrogens is 328 g/mol. The van der Waals surface area contributed by atoms with Gasteiger partial charge in [-0.15, -0.1) is 0 Å². The minimum atomic E-state index is 0.00373. The maximum Gasteiger partial charge on any atom is 0.253 e. The van der Waals surface area contributed by atoms with Crippen LogP contribution in [0.4, 0.5) is 0 Å². The topological polar surface area (TPSA) is 57.7 Å². The number of hydrogen-bond donors (Lipinski definition) is 0. The van der Waals surface area contributed by atoms with Gasteiger partial charge in [-0.25, -0.2) is 0 Å². The summed E-state index contributed by atoms with van der Waals surface area (Å²) in [6.07, 6.45) is 1.31. The number of amides is 2. The fraction of sp³-hybridized carbons (Fsp3) is 0.571. The van der Waals surface area contributed by atoms with Gasteiger partial charge < -0.3 is 14.6 Å². The number of Topliss-reactive ketones (excluding diaryl/α,β-unsaturated/α-hetero) is 1. The fourth-order valence-electron chi connectivity index (χ4n) is 3.11. The Bertz CT molecular complexity index is 659. The quantitative estimate of drug-likeness (QED) is 0.831. The molecular formula is C21H30N2O3. The highest BCUT2D eigenvalue weighted by Crippen LogP contribution is 2.22. The van der Waals surface area contributed by atoms with Crippen molar-refractivity contribution in [3.05, 3.63) is 35.4 Å². The van der Waals surface area contributed by atoms with Crippen molar-refractivity contribution in [3.8, 4) is 0 Å². The van der Waals surface area contributed by atoms with Gasteiger partial charge in [0.1, 0.15) is 5.78 Å². The van der Waals surface area contributed by atoms with Crippen molar-refractivity contribution in [2.45, 2.75) is 52.4 Å². The Balaban J connectivity index is 1.96. The van der Waals surface area contributed by atoms with Gasteiger partial charge in [-0.1, -0.05) is 32.9 Å². The normalized spacial score (nSPS) is 15.5. The molecule has 1 aromatic carbocycles. The van der Waals surface area contributed by atoms with E-state index < -0.39 is 0 Å². The third-order valence-corrected chi connectivity index (χ3v) is 4.82. The van der Waals surface area contributed by atoms with E-state index in [9.17, 15) is 14.4 Å². The lowest BCUT2D eigenvalue weighted by Crippen LogP contribution is -2.37. The van der Waals surface area contributed by atoms with Crippen LogP contribution in [0.3, 0.4) is 0 Å². The Morgan fingerprint density at radius 3 is 2.04 bits per heavy atom. The van der Waals surface area contributed by atoms with Crippen molar-refractivity contribution in [1.82, 2.24) is 9.80 Å². The molecule has 0 N–H and O–H groups in total. The highest BCUT2D eigenvalue weighted by atomic mass is 16.2. The molecule has 0 unspecified atom stereocenters. The van der Waals surface area contributed by atoms with E-state index in [1.807, 2.05) is 29.2 Å². The number of carbonyl (C=O) groups excluding carboxylic acids is 3. The number of hydrogen-bond acceptors (Lipinski definition) is 3. The van der Waals surface area contributed by atoms with Crippen molar-refractivity contribution in [2.75, 3.05) is 26.2 Å². The third kappa shape index (κ3) is 5.41. The van der Waals surface area contributed by atoms with Crippen LogP contribution in [0.1, 0.15) is 62.9 Å². The molecule has 0 bridgehead atoms. The van der Waals surface area contributed by atoms with E-state index in [0.29, 0.717) is 31.7 Å². The molecule has 5 nitrogen and oxygen atoms in total. The Hall–Kier alpha value is -2.17. The molecule has 1 aromatic rings. The minimum Gasteiger partial charge on any atom is -0.341 e. The lowest BCUT2D eigenvalue weighted by atomic mass is 9.86. The molecule has 2 rings (SSSR count). The van der Waals surface area contributed by atoms with Gasteiger partial charge >= 0.3 is 0 Å². The Morgan fingerprint density at radius 2 is 1.46 bits per heavy atom. The average Bonchev–Trinajstić information content (AvgIpc) is 2.84. The van der Waals surface area contributed by atoms with Crippen molar-refractivity contribution >= 4 is 17.6 Å². The van der Waals surface area contributed by atoms with Gasteiger partial charge in [0.15, 0.2) is 0 Å². The Labute approximate surface area is 156 Å². The van der Waals surface area contributed by atoms with Crippen LogP contribution >= 0.6 is 0 Å². The van der Waals surface area contributed by atoms with Crippen molar-refractivity contribution in [3.63, 3.8) is 0 Å². The van der Waals surface area contributed by atoms with Crippen molar-refractivity contribution in [2.24, 2.45) is 0 Å². The van der Waals surface area contributed by atoms with E-state index in [0.717, 1.165) is 6.42 Å². The van der Waals surface area contributed by atoms with E-state index in [1.165, 1.54) is 12.5 Å². The van der Waals surface area contributed by atoms with Gasteiger partial charge in [0.25, 0.3) is 5.91 Å². The summed E-state index contributed by atoms with van der Waals surface area (Å²) >= 11 is 0. The minimum absolute atomic E-state index is 0.00373. The Morgan fingerprint density at radius 1 is 0.885 bits per heavy atom. The first-order valence-electron chi connectivity index (χ1n) is 9.35. The van der Waals surface area contributed by atoms with Crippen LogP contribution in [-0.2, 0) is 15.0 Å². The molecule has 0 aromatic heterocycles. The lowest BCUT2D eigenvalue weighted by Gasteiger charge is -2.23. The van der Waals surface area contributed by atoms with Crippen LogP contribution < -0.4 is 0 Å². The van der Waals surface area contributed by atoms with Crippen LogP contribution in [-0.4, -0.2) is 53.6 Å². The molecule has 5 heteroatoms. The first-order valence-corrected chi connectivity index (χ1v) is 9.35. The predicted molar refractivity (Wildman–Crippen MR) is 102 cm³/mol. The van der Waals surface area contributed by atoms with Gasteiger partial charge in [0.2, 0.25) is 5.91 Å². The second-order valence-corrected chi connectivity index (χ2v) is 8.06. The molecule has 26 heavy (non-hydrogen) atoms. The number of ketones is 1. The molecule has 0 aliphatic carbocycles. The molecule has 1 heterocycles. The number of carbonyl (C=O) groups is 3. The van der Waals surface area contributed by atoms with Crippen LogP contribution in [0.15, 0.2) is 24.3 Å². The fourth-order valence-corrected chi connectivity index (χ4v) is 3.11. The highest BCUT2D eigenvalue weighted by Gasteiger charge is 2.23. The van der Waals surface area contributed by atoms with E-state index in [4.69, 9.17) is 0 Å². The molecule has 1 aliphatic rings. The zero-order valence-corrected chi connectivity index (χ0v) is 16.4. The second kappa shape index (κ2) is 8.47. The number of benzene rings is 1. The summed E-state index contributed by atoms with van der Waals surface area (Å²) in [7, 11) is 0. The van der Waals surface area contributed by atoms with E-state index in [1.54, 1.807) is 4.90 Å². The zero-order chi connectivity index (χ0) is 19.3. The summed E-state index contributed by atoms with van der Waals surface area (Å²) in [5, 5.41) is 0. The van der Waals surface area contributed by atoms with Gasteiger partial charge in [-0.2, -0.15) is 0 Å². The first-order chi connectivity index (χ1) is 12.2. The van der Waals surface area contributed by atoms with Crippen molar-refractivity contribution in [1.29, 1.82) is 0 Å². The zero-order valence-electron chi connectivity index (χ0n) is 16.4. The lowest BCUT2D eigenvalue weighted by molar-refractivity contribution is -0.132. The molecule has 1 fully saturated rings. The van der Waals surface area contributed by atoms with E-state index in [-0.39, 0.29) is 35.9 Å². The van der Waals surface area contributed by atoms with E-state index in [2.05, 4.69) is 20.8 Å². The van der Waals surface area contributed by atoms with Crippen LogP contribution in [0.2, 0.25) is 0 Å². The highest BCUT2D eigenvalue weighted by molar-refractivity contribution is 5.94. The molecule has 1 aliphatic heterocycles. The largest absolute Gasteiger partial charge is 0.341 e. The standard InChI is InChI=1S/C21H30N2O3/c1-16(24)6-11-19(25)22-12-5-13-23(15-14-22)20(26)17-7-9-18(10-8-17)21(2,3)4/h7-10H,5-6,11-15H2,1-4H3. The van der Waals surface area contributed by atoms with Crippen LogP contribution in [0, 0.1) is 0 Å². The molecule has 1 saturated heterocycles. The van der Waals surface area contributed by atoms with Crippen molar-refractivity contribution < 1.29 is 14.4 Å². The van der Waals surface area contributed by atoms with E-state index >= 15 is 0 Å². The summed E-state index contributed by atoms with van der Waals surface area (Å²) < 4.78 is 0. The molecule has 0 saturated carbocycles. The van der Waals surface area contributed by atoms with Gasteiger partial charge in [-0.3, -0.25) is 9.59 Å². The monoisotopic (exact) mass is 358 g/mol. The first kappa shape index (κ1) is 20.1. The summed E-state index contributed by atoms with van der Waals surface area (Å²) in [5.74, 6) is 0.0520. The number of rotatable bonds is 4. The molecule has 0 atom stereocenters. The third-order valence-electron chi connectivity index (χ3n) is 4.82. The SMILES string of the molecule is CC(=O)CCC(=O)N1CCCN(C(=O)c2ccc(C(C)(C)C)cc2)CC1. The second-order valence-electron chi connectivity index (χ2n) is 8.06. The molecule has 2 amide bonds. The van der Waals surface area contributed by atoms with Crippen LogP contribution in [0.25, 0.3) is 0 Å². The molecule has 0 radical (unpaired) electrons. The Kier molecular flexibility index (Phi) is 6.57. The van der Waals surface area contributed by atoms with Gasteiger partial charge in [-0.05, 0) is 36.5 Å². The molecule has 142 valence electrons. The number of nitrogens with zero attached hydrogens (tertiary/aromatic N) is 2. The summed E-state index contributed by atoms with van der Waals surface area (Å²) in [4.78, 5) is 39.6. The summed E-state index contributed by atoms with van der Waals surface area (Å²) in [5.41, 5.74) is 1.95. The smallest absolute Gasteiger partial charge is 0.253 e. The maximum atomic E-state index is 12.8. The van der Waals surface area contributed by atoms with Gasteiger partial charge in [0, 0.05) is 44.6 Å². The predicted octanol–water partition coefficient (Wildman–Crippen LogP) is 3.03. The summed E-state index contributed by atoms with van der Waals surface area (Å²) in [6, 6.07) is 7.82.